The molecule has 88 valence electrons. The molecule has 1 aliphatic rings. The molecule has 1 aliphatic heterocycles. The van der Waals surface area contributed by atoms with Crippen LogP contribution in [-0.4, -0.2) is 50.8 Å². The monoisotopic (exact) mass is 212 g/mol. The van der Waals surface area contributed by atoms with Crippen molar-refractivity contribution in [1.29, 1.82) is 0 Å². The van der Waals surface area contributed by atoms with E-state index in [0.29, 0.717) is 0 Å². The molecule has 0 bridgehead atoms. The molecule has 3 nitrogen and oxygen atoms in total. The molecule has 0 aromatic rings. The number of methoxy groups -OCH3 is 1. The molecule has 15 heavy (non-hydrogen) atoms. The van der Waals surface area contributed by atoms with E-state index in [4.69, 9.17) is 4.74 Å². The number of nitrogens with one attached hydrogen (secondary N) is 1. The van der Waals surface area contributed by atoms with Crippen molar-refractivity contribution in [2.45, 2.75) is 25.8 Å². The smallest absolute Gasteiger partial charge is 0.0587 e. The molecular formula is C12H24N2O. The van der Waals surface area contributed by atoms with Crippen LogP contribution in [0.15, 0.2) is 12.2 Å². The minimum Gasteiger partial charge on any atom is -0.383 e. The molecule has 1 rings (SSSR count). The first-order valence-electron chi connectivity index (χ1n) is 5.93. The van der Waals surface area contributed by atoms with Gasteiger partial charge in [0.2, 0.25) is 0 Å². The quantitative estimate of drug-likeness (QED) is 0.508. The van der Waals surface area contributed by atoms with Gasteiger partial charge in [-0.2, -0.15) is 0 Å². The minimum atomic E-state index is 0.720. The Kier molecular flexibility index (Phi) is 6.64. The van der Waals surface area contributed by atoms with Crippen LogP contribution in [0.3, 0.4) is 0 Å². The molecule has 1 heterocycles. The minimum absolute atomic E-state index is 0.720. The van der Waals surface area contributed by atoms with Crippen molar-refractivity contribution in [3.8, 4) is 0 Å². The van der Waals surface area contributed by atoms with E-state index in [9.17, 15) is 0 Å². The number of nitrogens with zero attached hydrogens (tertiary/aromatic N) is 1. The Morgan fingerprint density at radius 2 is 2.40 bits per heavy atom. The Labute approximate surface area is 93.5 Å². The fourth-order valence-corrected chi connectivity index (χ4v) is 2.05. The highest BCUT2D eigenvalue weighted by atomic mass is 16.5. The van der Waals surface area contributed by atoms with E-state index < -0.39 is 0 Å². The highest BCUT2D eigenvalue weighted by molar-refractivity contribution is 4.88. The molecule has 0 amide bonds. The summed E-state index contributed by atoms with van der Waals surface area (Å²) < 4.78 is 5.01. The zero-order valence-electron chi connectivity index (χ0n) is 10.0. The number of hydrogen-bond acceptors (Lipinski definition) is 3. The van der Waals surface area contributed by atoms with E-state index in [2.05, 4.69) is 29.3 Å². The standard InChI is InChI=1S/C12H24N2O/c1-3-4-8-14-9-5-6-12(14)11-13-7-10-15-2/h3-4,12-13H,5-11H2,1-2H3/b4-3+. The zero-order chi connectivity index (χ0) is 10.9. The first kappa shape index (κ1) is 12.7. The van der Waals surface area contributed by atoms with Crippen LogP contribution in [0.5, 0.6) is 0 Å². The third-order valence-electron chi connectivity index (χ3n) is 2.94. The van der Waals surface area contributed by atoms with Crippen LogP contribution in [0.25, 0.3) is 0 Å². The lowest BCUT2D eigenvalue weighted by Crippen LogP contribution is -2.38. The average Bonchev–Trinajstić information content (AvgIpc) is 2.69. The number of allylic oxidation sites excluding steroid dienone is 1. The van der Waals surface area contributed by atoms with Crippen LogP contribution in [0.4, 0.5) is 0 Å². The van der Waals surface area contributed by atoms with Crippen molar-refractivity contribution in [1.82, 2.24) is 10.2 Å². The van der Waals surface area contributed by atoms with Gasteiger partial charge in [-0.1, -0.05) is 12.2 Å². The second-order valence-corrected chi connectivity index (χ2v) is 4.06. The van der Waals surface area contributed by atoms with E-state index in [1.54, 1.807) is 7.11 Å². The van der Waals surface area contributed by atoms with E-state index in [0.717, 1.165) is 32.3 Å². The molecule has 1 unspecified atom stereocenters. The molecule has 1 atom stereocenters. The Bertz CT molecular complexity index is 182. The largest absolute Gasteiger partial charge is 0.383 e. The molecule has 1 fully saturated rings. The SMILES string of the molecule is C/C=C/CN1CCCC1CNCCOC. The topological polar surface area (TPSA) is 24.5 Å². The second kappa shape index (κ2) is 7.85. The maximum Gasteiger partial charge on any atom is 0.0587 e. The van der Waals surface area contributed by atoms with E-state index in [1.165, 1.54) is 19.4 Å². The number of ether oxygens (including phenoxy) is 1. The predicted octanol–water partition coefficient (Wildman–Crippen LogP) is 1.26. The van der Waals surface area contributed by atoms with Crippen LogP contribution in [-0.2, 0) is 4.74 Å². The lowest BCUT2D eigenvalue weighted by atomic mass is 10.2. The molecule has 0 spiro atoms. The first-order valence-corrected chi connectivity index (χ1v) is 5.93. The van der Waals surface area contributed by atoms with Gasteiger partial charge >= 0.3 is 0 Å². The molecule has 0 radical (unpaired) electrons. The lowest BCUT2D eigenvalue weighted by Gasteiger charge is -2.23. The number of rotatable bonds is 7. The molecule has 3 heteroatoms. The summed E-state index contributed by atoms with van der Waals surface area (Å²) in [6, 6.07) is 0.720. The van der Waals surface area contributed by atoms with Gasteiger partial charge in [-0.25, -0.2) is 0 Å². The van der Waals surface area contributed by atoms with Crippen LogP contribution in [0, 0.1) is 0 Å². The Hall–Kier alpha value is -0.380. The molecule has 1 saturated heterocycles. The third-order valence-corrected chi connectivity index (χ3v) is 2.94. The number of hydrogen-bond donors (Lipinski definition) is 1. The fourth-order valence-electron chi connectivity index (χ4n) is 2.05. The maximum absolute atomic E-state index is 5.01. The zero-order valence-corrected chi connectivity index (χ0v) is 10.0. The summed E-state index contributed by atoms with van der Waals surface area (Å²) in [6.45, 7) is 7.31. The van der Waals surface area contributed by atoms with Gasteiger partial charge in [-0.15, -0.1) is 0 Å². The van der Waals surface area contributed by atoms with Gasteiger partial charge in [-0.05, 0) is 26.3 Å². The normalized spacial score (nSPS) is 22.9. The summed E-state index contributed by atoms with van der Waals surface area (Å²) in [5.74, 6) is 0. The molecule has 0 saturated carbocycles. The van der Waals surface area contributed by atoms with Crippen LogP contribution in [0.2, 0.25) is 0 Å². The Morgan fingerprint density at radius 1 is 1.53 bits per heavy atom. The molecule has 0 aromatic carbocycles. The highest BCUT2D eigenvalue weighted by Crippen LogP contribution is 2.15. The van der Waals surface area contributed by atoms with Gasteiger partial charge < -0.3 is 10.1 Å². The molecular weight excluding hydrogens is 188 g/mol. The van der Waals surface area contributed by atoms with Gasteiger partial charge in [0.05, 0.1) is 6.61 Å². The summed E-state index contributed by atoms with van der Waals surface area (Å²) in [5, 5.41) is 3.44. The van der Waals surface area contributed by atoms with Crippen molar-refractivity contribution in [3.05, 3.63) is 12.2 Å². The van der Waals surface area contributed by atoms with Gasteiger partial charge in [-0.3, -0.25) is 4.90 Å². The van der Waals surface area contributed by atoms with Gasteiger partial charge in [0, 0.05) is 32.8 Å². The average molecular weight is 212 g/mol. The lowest BCUT2D eigenvalue weighted by molar-refractivity contribution is 0.194. The van der Waals surface area contributed by atoms with Crippen molar-refractivity contribution in [3.63, 3.8) is 0 Å². The summed E-state index contributed by atoms with van der Waals surface area (Å²) >= 11 is 0. The third kappa shape index (κ3) is 4.78. The molecule has 1 N–H and O–H groups in total. The Balaban J connectivity index is 2.15. The van der Waals surface area contributed by atoms with Crippen molar-refractivity contribution in [2.75, 3.05) is 39.9 Å². The fraction of sp³-hybridized carbons (Fsp3) is 0.833. The number of likely N-dealkylation sites (tertiary alicyclic amines) is 1. The van der Waals surface area contributed by atoms with E-state index in [-0.39, 0.29) is 0 Å². The van der Waals surface area contributed by atoms with Crippen LogP contribution < -0.4 is 5.32 Å². The van der Waals surface area contributed by atoms with Crippen molar-refractivity contribution in [2.24, 2.45) is 0 Å². The van der Waals surface area contributed by atoms with Gasteiger partial charge in [0.1, 0.15) is 0 Å². The second-order valence-electron chi connectivity index (χ2n) is 4.06. The van der Waals surface area contributed by atoms with Gasteiger partial charge in [0.15, 0.2) is 0 Å². The van der Waals surface area contributed by atoms with Gasteiger partial charge in [0.25, 0.3) is 0 Å². The summed E-state index contributed by atoms with van der Waals surface area (Å²) in [4.78, 5) is 2.56. The van der Waals surface area contributed by atoms with E-state index in [1.807, 2.05) is 0 Å². The predicted molar refractivity (Wildman–Crippen MR) is 64.2 cm³/mol. The van der Waals surface area contributed by atoms with E-state index >= 15 is 0 Å². The highest BCUT2D eigenvalue weighted by Gasteiger charge is 2.22. The van der Waals surface area contributed by atoms with Crippen molar-refractivity contribution < 1.29 is 4.74 Å². The summed E-state index contributed by atoms with van der Waals surface area (Å²) in [6.07, 6.45) is 7.05. The summed E-state index contributed by atoms with van der Waals surface area (Å²) in [7, 11) is 1.75. The molecule has 0 aliphatic carbocycles. The van der Waals surface area contributed by atoms with Crippen LogP contribution in [0.1, 0.15) is 19.8 Å². The van der Waals surface area contributed by atoms with Crippen molar-refractivity contribution >= 4 is 0 Å². The summed E-state index contributed by atoms with van der Waals surface area (Å²) in [5.41, 5.74) is 0. The van der Waals surface area contributed by atoms with Crippen LogP contribution >= 0.6 is 0 Å². The molecule has 0 aromatic heterocycles. The Morgan fingerprint density at radius 3 is 3.13 bits per heavy atom. The maximum atomic E-state index is 5.01. The first-order chi connectivity index (χ1) is 7.38.